The van der Waals surface area contributed by atoms with Crippen molar-refractivity contribution in [3.8, 4) is 0 Å². The Hall–Kier alpha value is -2.53. The SMILES string of the molecule is Cc1cc(N)c(Cl)cc1N1C(=O)c2ccc(N)cc2C1=O. The van der Waals surface area contributed by atoms with Gasteiger partial charge in [0, 0.05) is 5.69 Å². The number of imide groups is 1. The van der Waals surface area contributed by atoms with E-state index >= 15 is 0 Å². The number of fused-ring (bicyclic) bond motifs is 1. The van der Waals surface area contributed by atoms with Gasteiger partial charge in [0.25, 0.3) is 11.8 Å². The zero-order valence-electron chi connectivity index (χ0n) is 11.2. The molecule has 0 unspecified atom stereocenters. The summed E-state index contributed by atoms with van der Waals surface area (Å²) in [4.78, 5) is 26.0. The third-order valence-electron chi connectivity index (χ3n) is 3.47. The van der Waals surface area contributed by atoms with Gasteiger partial charge < -0.3 is 11.5 Å². The second kappa shape index (κ2) is 4.49. The normalized spacial score (nSPS) is 13.7. The maximum absolute atomic E-state index is 12.5. The smallest absolute Gasteiger partial charge is 0.266 e. The minimum Gasteiger partial charge on any atom is -0.399 e. The predicted octanol–water partition coefficient (Wildman–Crippen LogP) is 2.61. The van der Waals surface area contributed by atoms with E-state index in [-0.39, 0.29) is 5.91 Å². The largest absolute Gasteiger partial charge is 0.399 e. The molecule has 2 aromatic rings. The van der Waals surface area contributed by atoms with Crippen LogP contribution in [0, 0.1) is 6.92 Å². The number of amides is 2. The number of nitrogens with two attached hydrogens (primary N) is 2. The van der Waals surface area contributed by atoms with Crippen LogP contribution in [0.4, 0.5) is 17.1 Å². The van der Waals surface area contributed by atoms with Crippen molar-refractivity contribution >= 4 is 40.5 Å². The van der Waals surface area contributed by atoms with Gasteiger partial charge in [-0.2, -0.15) is 0 Å². The molecule has 5 nitrogen and oxygen atoms in total. The second-order valence-corrected chi connectivity index (χ2v) is 5.32. The van der Waals surface area contributed by atoms with Gasteiger partial charge >= 0.3 is 0 Å². The van der Waals surface area contributed by atoms with Crippen molar-refractivity contribution in [2.24, 2.45) is 0 Å². The molecule has 21 heavy (non-hydrogen) atoms. The molecule has 4 N–H and O–H groups in total. The molecule has 6 heteroatoms. The number of carbonyl (C=O) groups excluding carboxylic acids is 2. The van der Waals surface area contributed by atoms with E-state index in [1.807, 2.05) is 0 Å². The zero-order chi connectivity index (χ0) is 15.3. The summed E-state index contributed by atoms with van der Waals surface area (Å²) in [5, 5.41) is 0.298. The molecule has 3 rings (SSSR count). The Kier molecular flexibility index (Phi) is 2.88. The lowest BCUT2D eigenvalue weighted by atomic mass is 10.1. The van der Waals surface area contributed by atoms with Crippen molar-refractivity contribution in [1.29, 1.82) is 0 Å². The Morgan fingerprint density at radius 2 is 1.67 bits per heavy atom. The van der Waals surface area contributed by atoms with Crippen molar-refractivity contribution in [2.45, 2.75) is 6.92 Å². The minimum atomic E-state index is -0.411. The Morgan fingerprint density at radius 1 is 1.00 bits per heavy atom. The van der Waals surface area contributed by atoms with Crippen LogP contribution in [0.3, 0.4) is 0 Å². The molecule has 1 aliphatic rings. The van der Waals surface area contributed by atoms with Crippen LogP contribution >= 0.6 is 11.6 Å². The first-order valence-corrected chi connectivity index (χ1v) is 6.62. The molecule has 2 amide bonds. The fraction of sp³-hybridized carbons (Fsp3) is 0.0667. The molecule has 0 aromatic heterocycles. The van der Waals surface area contributed by atoms with Gasteiger partial charge in [-0.3, -0.25) is 9.59 Å². The van der Waals surface area contributed by atoms with Crippen LogP contribution in [0.15, 0.2) is 30.3 Å². The third-order valence-corrected chi connectivity index (χ3v) is 3.79. The average molecular weight is 302 g/mol. The first kappa shape index (κ1) is 13.5. The molecule has 0 aliphatic carbocycles. The van der Waals surface area contributed by atoms with Crippen LogP contribution in [-0.2, 0) is 0 Å². The quantitative estimate of drug-likeness (QED) is 0.626. The number of anilines is 3. The molecular weight excluding hydrogens is 290 g/mol. The third kappa shape index (κ3) is 1.94. The van der Waals surface area contributed by atoms with Crippen LogP contribution in [-0.4, -0.2) is 11.8 Å². The van der Waals surface area contributed by atoms with Gasteiger partial charge in [-0.15, -0.1) is 0 Å². The molecule has 0 spiro atoms. The highest BCUT2D eigenvalue weighted by molar-refractivity contribution is 6.36. The van der Waals surface area contributed by atoms with Crippen molar-refractivity contribution in [3.05, 3.63) is 52.0 Å². The average Bonchev–Trinajstić information content (AvgIpc) is 2.66. The molecule has 0 radical (unpaired) electrons. The van der Waals surface area contributed by atoms with Gasteiger partial charge in [-0.1, -0.05) is 11.6 Å². The van der Waals surface area contributed by atoms with E-state index in [2.05, 4.69) is 0 Å². The number of rotatable bonds is 1. The molecule has 0 bridgehead atoms. The Balaban J connectivity index is 2.16. The van der Waals surface area contributed by atoms with E-state index in [4.69, 9.17) is 23.1 Å². The van der Waals surface area contributed by atoms with Gasteiger partial charge in [0.1, 0.15) is 0 Å². The fourth-order valence-corrected chi connectivity index (χ4v) is 2.57. The number of aryl methyl sites for hydroxylation is 1. The van der Waals surface area contributed by atoms with Crippen LogP contribution in [0.2, 0.25) is 5.02 Å². The molecule has 0 atom stereocenters. The molecule has 0 saturated heterocycles. The molecule has 2 aromatic carbocycles. The number of hydrogen-bond acceptors (Lipinski definition) is 4. The predicted molar refractivity (Wildman–Crippen MR) is 82.6 cm³/mol. The first-order chi connectivity index (χ1) is 9.90. The summed E-state index contributed by atoms with van der Waals surface area (Å²) in [6, 6.07) is 7.81. The number of nitrogens with zero attached hydrogens (tertiary/aromatic N) is 1. The number of halogens is 1. The lowest BCUT2D eigenvalue weighted by molar-refractivity contribution is 0.0926. The summed E-state index contributed by atoms with van der Waals surface area (Å²) in [6.45, 7) is 1.76. The summed E-state index contributed by atoms with van der Waals surface area (Å²) in [5.41, 5.74) is 14.0. The molecule has 1 aliphatic heterocycles. The van der Waals surface area contributed by atoms with Crippen molar-refractivity contribution < 1.29 is 9.59 Å². The Labute approximate surface area is 126 Å². The van der Waals surface area contributed by atoms with Crippen molar-refractivity contribution in [1.82, 2.24) is 0 Å². The Morgan fingerprint density at radius 3 is 2.38 bits per heavy atom. The molecule has 106 valence electrons. The van der Waals surface area contributed by atoms with Gasteiger partial charge in [0.15, 0.2) is 0 Å². The van der Waals surface area contributed by atoms with Gasteiger partial charge in [0.05, 0.1) is 27.5 Å². The molecule has 0 saturated carbocycles. The van der Waals surface area contributed by atoms with E-state index in [9.17, 15) is 9.59 Å². The fourth-order valence-electron chi connectivity index (χ4n) is 2.41. The number of benzene rings is 2. The monoisotopic (exact) mass is 301 g/mol. The standard InChI is InChI=1S/C15H12ClN3O2/c1-7-4-12(18)11(16)6-13(7)19-14(20)9-3-2-8(17)5-10(9)15(19)21/h2-6H,17-18H2,1H3. The molecular formula is C15H12ClN3O2. The van der Waals surface area contributed by atoms with E-state index < -0.39 is 5.91 Å². The number of nitrogen functional groups attached to an aromatic ring is 2. The van der Waals surface area contributed by atoms with Crippen LogP contribution < -0.4 is 16.4 Å². The molecule has 1 heterocycles. The van der Waals surface area contributed by atoms with Gasteiger partial charge in [-0.25, -0.2) is 4.90 Å². The maximum Gasteiger partial charge on any atom is 0.266 e. The lowest BCUT2D eigenvalue weighted by Gasteiger charge is -2.17. The summed E-state index contributed by atoms with van der Waals surface area (Å²) in [6.07, 6.45) is 0. The van der Waals surface area contributed by atoms with Crippen LogP contribution in [0.1, 0.15) is 26.3 Å². The highest BCUT2D eigenvalue weighted by Crippen LogP contribution is 2.35. The number of hydrogen-bond donors (Lipinski definition) is 2. The van der Waals surface area contributed by atoms with E-state index in [0.717, 1.165) is 4.90 Å². The first-order valence-electron chi connectivity index (χ1n) is 6.24. The Bertz CT molecular complexity index is 802. The van der Waals surface area contributed by atoms with E-state index in [1.54, 1.807) is 25.1 Å². The van der Waals surface area contributed by atoms with Gasteiger partial charge in [0.2, 0.25) is 0 Å². The zero-order valence-corrected chi connectivity index (χ0v) is 11.9. The van der Waals surface area contributed by atoms with Gasteiger partial charge in [-0.05, 0) is 42.8 Å². The van der Waals surface area contributed by atoms with Crippen molar-refractivity contribution in [3.63, 3.8) is 0 Å². The lowest BCUT2D eigenvalue weighted by Crippen LogP contribution is -2.30. The maximum atomic E-state index is 12.5. The second-order valence-electron chi connectivity index (χ2n) is 4.91. The van der Waals surface area contributed by atoms with E-state index in [1.165, 1.54) is 12.1 Å². The van der Waals surface area contributed by atoms with Crippen molar-refractivity contribution in [2.75, 3.05) is 16.4 Å². The summed E-state index contributed by atoms with van der Waals surface area (Å²) in [7, 11) is 0. The van der Waals surface area contributed by atoms with Crippen LogP contribution in [0.5, 0.6) is 0 Å². The topological polar surface area (TPSA) is 89.4 Å². The highest BCUT2D eigenvalue weighted by atomic mass is 35.5. The summed E-state index contributed by atoms with van der Waals surface area (Å²) in [5.74, 6) is -0.801. The molecule has 0 fully saturated rings. The number of carbonyl (C=O) groups is 2. The highest BCUT2D eigenvalue weighted by Gasteiger charge is 2.37. The summed E-state index contributed by atoms with van der Waals surface area (Å²) < 4.78 is 0. The minimum absolute atomic E-state index is 0.298. The summed E-state index contributed by atoms with van der Waals surface area (Å²) >= 11 is 6.00. The van der Waals surface area contributed by atoms with Crippen LogP contribution in [0.25, 0.3) is 0 Å². The van der Waals surface area contributed by atoms with E-state index in [0.29, 0.717) is 38.8 Å².